The van der Waals surface area contributed by atoms with Crippen LogP contribution in [-0.4, -0.2) is 27.5 Å². The van der Waals surface area contributed by atoms with Gasteiger partial charge in [-0.15, -0.1) is 0 Å². The molecule has 0 heterocycles. The second kappa shape index (κ2) is 9.65. The monoisotopic (exact) mass is 444 g/mol. The Kier molecular flexibility index (Phi) is 6.97. The summed E-state index contributed by atoms with van der Waals surface area (Å²) < 4.78 is 33.0. The lowest BCUT2D eigenvalue weighted by Crippen LogP contribution is -2.38. The highest BCUT2D eigenvalue weighted by Crippen LogP contribution is 2.26. The first kappa shape index (κ1) is 21.7. The van der Waals surface area contributed by atoms with E-state index in [0.29, 0.717) is 28.8 Å². The zero-order chi connectivity index (χ0) is 21.6. The van der Waals surface area contributed by atoms with Crippen LogP contribution >= 0.6 is 11.6 Å². The largest absolute Gasteiger partial charge is 0.494 e. The van der Waals surface area contributed by atoms with Crippen LogP contribution < -0.4 is 14.4 Å². The van der Waals surface area contributed by atoms with Gasteiger partial charge < -0.3 is 10.1 Å². The molecule has 3 aromatic carbocycles. The van der Waals surface area contributed by atoms with Gasteiger partial charge in [-0.25, -0.2) is 8.42 Å². The number of hydrogen-bond acceptors (Lipinski definition) is 4. The van der Waals surface area contributed by atoms with Gasteiger partial charge in [-0.2, -0.15) is 0 Å². The van der Waals surface area contributed by atoms with E-state index in [2.05, 4.69) is 5.32 Å². The van der Waals surface area contributed by atoms with Gasteiger partial charge in [0.1, 0.15) is 12.3 Å². The fourth-order valence-electron chi connectivity index (χ4n) is 2.77. The number of carbonyl (C=O) groups is 1. The van der Waals surface area contributed by atoms with Gasteiger partial charge in [0.05, 0.1) is 17.2 Å². The first-order valence-electron chi connectivity index (χ1n) is 9.26. The molecule has 3 aromatic rings. The molecular weight excluding hydrogens is 424 g/mol. The van der Waals surface area contributed by atoms with Crippen molar-refractivity contribution in [3.63, 3.8) is 0 Å². The van der Waals surface area contributed by atoms with E-state index < -0.39 is 22.5 Å². The SMILES string of the molecule is CCOc1ccc(N(CC(=O)Nc2ccc(Cl)cc2)S(=O)(=O)c2ccccc2)cc1. The lowest BCUT2D eigenvalue weighted by molar-refractivity contribution is -0.114. The molecule has 0 unspecified atom stereocenters. The predicted molar refractivity (Wildman–Crippen MR) is 119 cm³/mol. The molecule has 0 bridgehead atoms. The van der Waals surface area contributed by atoms with E-state index in [1.54, 1.807) is 66.7 Å². The lowest BCUT2D eigenvalue weighted by Gasteiger charge is -2.24. The molecule has 30 heavy (non-hydrogen) atoms. The summed E-state index contributed by atoms with van der Waals surface area (Å²) in [5.41, 5.74) is 0.877. The molecule has 0 saturated carbocycles. The molecule has 0 saturated heterocycles. The average Bonchev–Trinajstić information content (AvgIpc) is 2.75. The van der Waals surface area contributed by atoms with E-state index in [9.17, 15) is 13.2 Å². The van der Waals surface area contributed by atoms with Gasteiger partial charge in [-0.3, -0.25) is 9.10 Å². The van der Waals surface area contributed by atoms with Crippen molar-refractivity contribution in [2.24, 2.45) is 0 Å². The van der Waals surface area contributed by atoms with E-state index in [1.807, 2.05) is 6.92 Å². The Morgan fingerprint density at radius 2 is 1.60 bits per heavy atom. The smallest absolute Gasteiger partial charge is 0.264 e. The van der Waals surface area contributed by atoms with Crippen LogP contribution in [0.15, 0.2) is 83.8 Å². The summed E-state index contributed by atoms with van der Waals surface area (Å²) in [5, 5.41) is 3.23. The second-order valence-corrected chi connectivity index (χ2v) is 8.61. The van der Waals surface area contributed by atoms with Gasteiger partial charge in [0, 0.05) is 10.7 Å². The van der Waals surface area contributed by atoms with Crippen molar-refractivity contribution in [2.75, 3.05) is 22.8 Å². The maximum absolute atomic E-state index is 13.3. The minimum atomic E-state index is -3.96. The molecule has 1 N–H and O–H groups in total. The fourth-order valence-corrected chi connectivity index (χ4v) is 4.34. The van der Waals surface area contributed by atoms with Crippen molar-refractivity contribution >= 4 is 38.9 Å². The molecule has 0 aliphatic heterocycles. The maximum atomic E-state index is 13.3. The molecule has 0 aliphatic rings. The molecule has 156 valence electrons. The summed E-state index contributed by atoms with van der Waals surface area (Å²) in [6.07, 6.45) is 0. The molecule has 0 aromatic heterocycles. The Morgan fingerprint density at radius 3 is 2.20 bits per heavy atom. The molecule has 1 amide bonds. The van der Waals surface area contributed by atoms with Gasteiger partial charge in [0.15, 0.2) is 0 Å². The molecule has 0 fully saturated rings. The Balaban J connectivity index is 1.90. The molecule has 8 heteroatoms. The topological polar surface area (TPSA) is 75.7 Å². The van der Waals surface area contributed by atoms with Crippen molar-refractivity contribution in [3.05, 3.63) is 83.9 Å². The highest BCUT2D eigenvalue weighted by atomic mass is 35.5. The molecule has 3 rings (SSSR count). The van der Waals surface area contributed by atoms with Gasteiger partial charge in [-0.05, 0) is 67.6 Å². The van der Waals surface area contributed by atoms with Gasteiger partial charge in [0.2, 0.25) is 5.91 Å². The summed E-state index contributed by atoms with van der Waals surface area (Å²) in [6, 6.07) is 21.1. The van der Waals surface area contributed by atoms with Crippen molar-refractivity contribution in [1.29, 1.82) is 0 Å². The van der Waals surface area contributed by atoms with Crippen LogP contribution in [0.25, 0.3) is 0 Å². The van der Waals surface area contributed by atoms with Crippen molar-refractivity contribution < 1.29 is 17.9 Å². The number of amides is 1. The summed E-state index contributed by atoms with van der Waals surface area (Å²) in [5.74, 6) is 0.134. The van der Waals surface area contributed by atoms with Gasteiger partial charge in [0.25, 0.3) is 10.0 Å². The number of carbonyl (C=O) groups excluding carboxylic acids is 1. The van der Waals surface area contributed by atoms with Gasteiger partial charge >= 0.3 is 0 Å². The van der Waals surface area contributed by atoms with Crippen LogP contribution in [0.5, 0.6) is 5.75 Å². The van der Waals surface area contributed by atoms with Crippen LogP contribution in [-0.2, 0) is 14.8 Å². The molecule has 0 aliphatic carbocycles. The predicted octanol–water partition coefficient (Wildman–Crippen LogP) is 4.57. The number of hydrogen-bond donors (Lipinski definition) is 1. The number of benzene rings is 3. The van der Waals surface area contributed by atoms with E-state index in [1.165, 1.54) is 12.1 Å². The number of nitrogens with one attached hydrogen (secondary N) is 1. The van der Waals surface area contributed by atoms with E-state index in [4.69, 9.17) is 16.3 Å². The number of anilines is 2. The highest BCUT2D eigenvalue weighted by molar-refractivity contribution is 7.92. The summed E-state index contributed by atoms with van der Waals surface area (Å²) >= 11 is 5.86. The quantitative estimate of drug-likeness (QED) is 0.552. The number of halogens is 1. The third-order valence-electron chi connectivity index (χ3n) is 4.18. The first-order chi connectivity index (χ1) is 14.4. The van der Waals surface area contributed by atoms with Crippen molar-refractivity contribution in [3.8, 4) is 5.75 Å². The fraction of sp³-hybridized carbons (Fsp3) is 0.136. The number of ether oxygens (including phenoxy) is 1. The van der Waals surface area contributed by atoms with E-state index in [0.717, 1.165) is 4.31 Å². The normalized spacial score (nSPS) is 11.0. The Labute approximate surface area is 181 Å². The standard InChI is InChI=1S/C22H21ClN2O4S/c1-2-29-20-14-12-19(13-15-20)25(30(27,28)21-6-4-3-5-7-21)16-22(26)24-18-10-8-17(23)9-11-18/h3-15H,2,16H2,1H3,(H,24,26). The minimum Gasteiger partial charge on any atom is -0.494 e. The first-order valence-corrected chi connectivity index (χ1v) is 11.1. The van der Waals surface area contributed by atoms with E-state index >= 15 is 0 Å². The Hall–Kier alpha value is -3.03. The Morgan fingerprint density at radius 1 is 0.967 bits per heavy atom. The Bertz CT molecular complexity index is 1090. The highest BCUT2D eigenvalue weighted by Gasteiger charge is 2.27. The van der Waals surface area contributed by atoms with Crippen LogP contribution in [0, 0.1) is 0 Å². The zero-order valence-electron chi connectivity index (χ0n) is 16.3. The van der Waals surface area contributed by atoms with Gasteiger partial charge in [-0.1, -0.05) is 29.8 Å². The third-order valence-corrected chi connectivity index (χ3v) is 6.22. The summed E-state index contributed by atoms with van der Waals surface area (Å²) in [7, 11) is -3.96. The molecule has 6 nitrogen and oxygen atoms in total. The van der Waals surface area contributed by atoms with Crippen LogP contribution in [0.3, 0.4) is 0 Å². The number of nitrogens with zero attached hydrogens (tertiary/aromatic N) is 1. The maximum Gasteiger partial charge on any atom is 0.264 e. The van der Waals surface area contributed by atoms with Crippen molar-refractivity contribution in [1.82, 2.24) is 0 Å². The van der Waals surface area contributed by atoms with Crippen LogP contribution in [0.1, 0.15) is 6.92 Å². The molecule has 0 radical (unpaired) electrons. The number of rotatable bonds is 8. The minimum absolute atomic E-state index is 0.0955. The summed E-state index contributed by atoms with van der Waals surface area (Å²) in [4.78, 5) is 12.7. The number of sulfonamides is 1. The summed E-state index contributed by atoms with van der Waals surface area (Å²) in [6.45, 7) is 1.96. The van der Waals surface area contributed by atoms with Crippen LogP contribution in [0.2, 0.25) is 5.02 Å². The van der Waals surface area contributed by atoms with Crippen LogP contribution in [0.4, 0.5) is 11.4 Å². The second-order valence-electron chi connectivity index (χ2n) is 6.31. The van der Waals surface area contributed by atoms with Crippen molar-refractivity contribution in [2.45, 2.75) is 11.8 Å². The molecular formula is C22H21ClN2O4S. The average molecular weight is 445 g/mol. The van der Waals surface area contributed by atoms with E-state index in [-0.39, 0.29) is 4.90 Å². The molecule has 0 atom stereocenters. The third kappa shape index (κ3) is 5.31. The zero-order valence-corrected chi connectivity index (χ0v) is 17.9. The lowest BCUT2D eigenvalue weighted by atomic mass is 10.3. The molecule has 0 spiro atoms.